The monoisotopic (exact) mass is 376 g/mol. The number of hydrogen-bond acceptors (Lipinski definition) is 6. The normalized spacial score (nSPS) is 11.3. The molecule has 0 bridgehead atoms. The number of benzene rings is 1. The number of ketones is 1. The van der Waals surface area contributed by atoms with Crippen LogP contribution in [0, 0.1) is 0 Å². The molecule has 1 aromatic carbocycles. The van der Waals surface area contributed by atoms with Gasteiger partial charge in [0.25, 0.3) is 5.91 Å². The number of pyridine rings is 1. The Morgan fingerprint density at radius 3 is 2.50 bits per heavy atom. The Hall–Kier alpha value is -2.93. The van der Waals surface area contributed by atoms with Crippen molar-refractivity contribution in [3.8, 4) is 5.75 Å². The molecule has 0 spiro atoms. The van der Waals surface area contributed by atoms with E-state index in [9.17, 15) is 14.4 Å². The van der Waals surface area contributed by atoms with E-state index in [1.54, 1.807) is 36.4 Å². The van der Waals surface area contributed by atoms with Crippen molar-refractivity contribution in [2.45, 2.75) is 20.0 Å². The average molecular weight is 377 g/mol. The second-order valence-corrected chi connectivity index (χ2v) is 5.69. The zero-order valence-corrected chi connectivity index (χ0v) is 14.9. The standard InChI is InChI=1S/C18H17ClN2O5/c1-11(22)13-5-7-14(8-6-13)25-10-16(23)26-12(2)18(24)21-15-4-3-9-20-17(15)19/h3-9,12H,10H2,1-2H3,(H,21,24)/t12-/m0/s1. The number of ether oxygens (including phenoxy) is 2. The van der Waals surface area contributed by atoms with E-state index in [4.69, 9.17) is 21.1 Å². The number of anilines is 1. The largest absolute Gasteiger partial charge is 0.482 e. The molecule has 0 saturated carbocycles. The molecule has 0 aliphatic carbocycles. The fourth-order valence-corrected chi connectivity index (χ4v) is 2.09. The molecule has 0 fully saturated rings. The zero-order valence-electron chi connectivity index (χ0n) is 14.2. The number of halogens is 1. The molecule has 0 radical (unpaired) electrons. The molecule has 136 valence electrons. The molecule has 1 aromatic heterocycles. The maximum absolute atomic E-state index is 12.0. The predicted molar refractivity (Wildman–Crippen MR) is 95.4 cm³/mol. The molecule has 0 saturated heterocycles. The van der Waals surface area contributed by atoms with Crippen LogP contribution in [0.4, 0.5) is 5.69 Å². The van der Waals surface area contributed by atoms with Crippen molar-refractivity contribution in [1.82, 2.24) is 4.98 Å². The van der Waals surface area contributed by atoms with Crippen LogP contribution in [0.2, 0.25) is 5.15 Å². The molecular formula is C18H17ClN2O5. The summed E-state index contributed by atoms with van der Waals surface area (Å²) in [5.41, 5.74) is 0.864. The number of Topliss-reactive ketones (excluding diaryl/α,β-unsaturated/α-hetero) is 1. The first-order valence-electron chi connectivity index (χ1n) is 7.71. The zero-order chi connectivity index (χ0) is 19.1. The lowest BCUT2D eigenvalue weighted by molar-refractivity contribution is -0.155. The number of amides is 1. The van der Waals surface area contributed by atoms with Gasteiger partial charge >= 0.3 is 5.97 Å². The lowest BCUT2D eigenvalue weighted by Crippen LogP contribution is -2.31. The van der Waals surface area contributed by atoms with Gasteiger partial charge in [0.15, 0.2) is 23.6 Å². The molecule has 1 heterocycles. The molecule has 26 heavy (non-hydrogen) atoms. The van der Waals surface area contributed by atoms with Crippen molar-refractivity contribution in [2.75, 3.05) is 11.9 Å². The van der Waals surface area contributed by atoms with Crippen LogP contribution in [0.1, 0.15) is 24.2 Å². The van der Waals surface area contributed by atoms with Gasteiger partial charge in [-0.3, -0.25) is 9.59 Å². The summed E-state index contributed by atoms with van der Waals surface area (Å²) >= 11 is 5.85. The van der Waals surface area contributed by atoms with Crippen LogP contribution in [0.25, 0.3) is 0 Å². The lowest BCUT2D eigenvalue weighted by atomic mass is 10.1. The minimum Gasteiger partial charge on any atom is -0.482 e. The van der Waals surface area contributed by atoms with E-state index in [2.05, 4.69) is 10.3 Å². The second kappa shape index (κ2) is 8.96. The van der Waals surface area contributed by atoms with Crippen molar-refractivity contribution >= 4 is 34.9 Å². The van der Waals surface area contributed by atoms with Gasteiger partial charge in [-0.05, 0) is 50.2 Å². The van der Waals surface area contributed by atoms with Gasteiger partial charge in [-0.25, -0.2) is 9.78 Å². The van der Waals surface area contributed by atoms with Gasteiger partial charge in [0.1, 0.15) is 5.75 Å². The number of nitrogens with one attached hydrogen (secondary N) is 1. The van der Waals surface area contributed by atoms with Crippen molar-refractivity contribution in [2.24, 2.45) is 0 Å². The molecule has 2 rings (SSSR count). The van der Waals surface area contributed by atoms with E-state index in [-0.39, 0.29) is 17.5 Å². The van der Waals surface area contributed by atoms with Gasteiger partial charge in [0.2, 0.25) is 0 Å². The summed E-state index contributed by atoms with van der Waals surface area (Å²) in [5, 5.41) is 2.66. The molecular weight excluding hydrogens is 360 g/mol. The highest BCUT2D eigenvalue weighted by molar-refractivity contribution is 6.32. The number of nitrogens with zero attached hydrogens (tertiary/aromatic N) is 1. The summed E-state index contributed by atoms with van der Waals surface area (Å²) in [6.07, 6.45) is 0.448. The number of aromatic nitrogens is 1. The Morgan fingerprint density at radius 1 is 1.19 bits per heavy atom. The third kappa shape index (κ3) is 5.56. The Labute approximate surface area is 155 Å². The number of carbonyl (C=O) groups excluding carboxylic acids is 3. The van der Waals surface area contributed by atoms with Gasteiger partial charge in [-0.1, -0.05) is 11.6 Å². The summed E-state index contributed by atoms with van der Waals surface area (Å²) < 4.78 is 10.3. The molecule has 1 amide bonds. The first-order chi connectivity index (χ1) is 12.4. The van der Waals surface area contributed by atoms with E-state index >= 15 is 0 Å². The highest BCUT2D eigenvalue weighted by Gasteiger charge is 2.19. The molecule has 0 aliphatic rings. The van der Waals surface area contributed by atoms with Gasteiger partial charge in [0, 0.05) is 11.8 Å². The summed E-state index contributed by atoms with van der Waals surface area (Å²) in [6, 6.07) is 9.53. The number of esters is 1. The van der Waals surface area contributed by atoms with Crippen LogP contribution in [0.5, 0.6) is 5.75 Å². The molecule has 2 aromatic rings. The van der Waals surface area contributed by atoms with Crippen LogP contribution in [0.3, 0.4) is 0 Å². The Balaban J connectivity index is 1.82. The maximum Gasteiger partial charge on any atom is 0.344 e. The first-order valence-corrected chi connectivity index (χ1v) is 8.09. The molecule has 1 N–H and O–H groups in total. The minimum absolute atomic E-state index is 0.0653. The Kier molecular flexibility index (Phi) is 6.68. The summed E-state index contributed by atoms with van der Waals surface area (Å²) in [7, 11) is 0. The smallest absolute Gasteiger partial charge is 0.344 e. The second-order valence-electron chi connectivity index (χ2n) is 5.33. The third-order valence-corrected chi connectivity index (χ3v) is 3.61. The van der Waals surface area contributed by atoms with Crippen LogP contribution >= 0.6 is 11.6 Å². The van der Waals surface area contributed by atoms with E-state index in [0.717, 1.165) is 0 Å². The van der Waals surface area contributed by atoms with Crippen molar-refractivity contribution in [3.05, 3.63) is 53.3 Å². The first kappa shape index (κ1) is 19.4. The van der Waals surface area contributed by atoms with Gasteiger partial charge in [0.05, 0.1) is 5.69 Å². The van der Waals surface area contributed by atoms with Crippen LogP contribution in [-0.4, -0.2) is 35.4 Å². The topological polar surface area (TPSA) is 94.6 Å². The van der Waals surface area contributed by atoms with E-state index in [1.807, 2.05) is 0 Å². The average Bonchev–Trinajstić information content (AvgIpc) is 2.62. The van der Waals surface area contributed by atoms with Crippen LogP contribution in [0.15, 0.2) is 42.6 Å². The maximum atomic E-state index is 12.0. The molecule has 0 unspecified atom stereocenters. The fraction of sp³-hybridized carbons (Fsp3) is 0.222. The lowest BCUT2D eigenvalue weighted by Gasteiger charge is -2.14. The summed E-state index contributed by atoms with van der Waals surface area (Å²) in [5.74, 6) is -0.907. The highest BCUT2D eigenvalue weighted by atomic mass is 35.5. The SMILES string of the molecule is CC(=O)c1ccc(OCC(=O)O[C@@H](C)C(=O)Nc2cccnc2Cl)cc1. The fourth-order valence-electron chi connectivity index (χ4n) is 1.93. The third-order valence-electron chi connectivity index (χ3n) is 3.31. The van der Waals surface area contributed by atoms with Crippen molar-refractivity contribution in [3.63, 3.8) is 0 Å². The van der Waals surface area contributed by atoms with Gasteiger partial charge < -0.3 is 14.8 Å². The van der Waals surface area contributed by atoms with E-state index in [0.29, 0.717) is 17.0 Å². The van der Waals surface area contributed by atoms with Crippen molar-refractivity contribution < 1.29 is 23.9 Å². The molecule has 0 aliphatic heterocycles. The highest BCUT2D eigenvalue weighted by Crippen LogP contribution is 2.18. The Morgan fingerprint density at radius 2 is 1.88 bits per heavy atom. The molecule has 8 heteroatoms. The molecule has 1 atom stereocenters. The Bertz CT molecular complexity index is 807. The molecule has 7 nitrogen and oxygen atoms in total. The summed E-state index contributed by atoms with van der Waals surface area (Å²) in [6.45, 7) is 2.52. The van der Waals surface area contributed by atoms with Crippen LogP contribution < -0.4 is 10.1 Å². The van der Waals surface area contributed by atoms with Crippen molar-refractivity contribution in [1.29, 1.82) is 0 Å². The van der Waals surface area contributed by atoms with E-state index < -0.39 is 18.0 Å². The number of hydrogen-bond donors (Lipinski definition) is 1. The predicted octanol–water partition coefficient (Wildman–Crippen LogP) is 2.89. The summed E-state index contributed by atoms with van der Waals surface area (Å²) in [4.78, 5) is 38.9. The van der Waals surface area contributed by atoms with Crippen LogP contribution in [-0.2, 0) is 14.3 Å². The quantitative estimate of drug-likeness (QED) is 0.453. The number of carbonyl (C=O) groups is 3. The van der Waals surface area contributed by atoms with E-state index in [1.165, 1.54) is 20.0 Å². The minimum atomic E-state index is -1.04. The van der Waals surface area contributed by atoms with Gasteiger partial charge in [-0.2, -0.15) is 0 Å². The number of rotatable bonds is 7. The van der Waals surface area contributed by atoms with Gasteiger partial charge in [-0.15, -0.1) is 0 Å².